The van der Waals surface area contributed by atoms with Gasteiger partial charge < -0.3 is 4.74 Å². The highest BCUT2D eigenvalue weighted by Gasteiger charge is 2.26. The van der Waals surface area contributed by atoms with Crippen LogP contribution in [0.2, 0.25) is 0 Å². The molecule has 0 saturated heterocycles. The molecule has 1 N–H and O–H groups in total. The summed E-state index contributed by atoms with van der Waals surface area (Å²) in [5.74, 6) is -0.449. The predicted octanol–water partition coefficient (Wildman–Crippen LogP) is 6.43. The molecule has 37 heavy (non-hydrogen) atoms. The zero-order valence-electron chi connectivity index (χ0n) is 20.4. The van der Waals surface area contributed by atoms with Gasteiger partial charge in [0.25, 0.3) is 5.91 Å². The lowest BCUT2D eigenvalue weighted by Crippen LogP contribution is -2.23. The summed E-state index contributed by atoms with van der Waals surface area (Å²) in [5.41, 5.74) is 4.97. The molecule has 0 aliphatic heterocycles. The van der Waals surface area contributed by atoms with E-state index in [0.717, 1.165) is 63.5 Å². The number of ether oxygens (including phenoxy) is 1. The summed E-state index contributed by atoms with van der Waals surface area (Å²) in [5, 5.41) is 8.19. The Hall–Kier alpha value is -4.10. The smallest absolute Gasteiger partial charge is 0.339 e. The number of para-hydroxylation sites is 1. The molecule has 1 amide bonds. The minimum atomic E-state index is -0.491. The first-order valence-corrected chi connectivity index (χ1v) is 13.3. The molecule has 1 aliphatic rings. The van der Waals surface area contributed by atoms with E-state index < -0.39 is 11.9 Å². The number of benzene rings is 3. The van der Waals surface area contributed by atoms with Crippen LogP contribution in [-0.4, -0.2) is 28.5 Å². The predicted molar refractivity (Wildman–Crippen MR) is 147 cm³/mol. The molecule has 5 aromatic rings. The minimum absolute atomic E-state index is 0.384. The van der Waals surface area contributed by atoms with Gasteiger partial charge in [-0.15, -0.1) is 11.3 Å². The summed E-state index contributed by atoms with van der Waals surface area (Å²) in [6.45, 7) is 1.80. The van der Waals surface area contributed by atoms with Gasteiger partial charge in [-0.05, 0) is 53.6 Å². The van der Waals surface area contributed by atoms with Gasteiger partial charge in [0.05, 0.1) is 16.8 Å². The van der Waals surface area contributed by atoms with Crippen LogP contribution in [0.15, 0.2) is 72.1 Å². The average molecular weight is 508 g/mol. The zero-order chi connectivity index (χ0) is 25.4. The van der Waals surface area contributed by atoms with E-state index in [4.69, 9.17) is 9.72 Å². The van der Waals surface area contributed by atoms with Crippen molar-refractivity contribution >= 4 is 50.0 Å². The van der Waals surface area contributed by atoms with E-state index in [9.17, 15) is 9.59 Å². The van der Waals surface area contributed by atoms with Crippen molar-refractivity contribution in [3.63, 3.8) is 0 Å². The Morgan fingerprint density at radius 2 is 1.84 bits per heavy atom. The summed E-state index contributed by atoms with van der Waals surface area (Å²) < 4.78 is 5.51. The molecular weight excluding hydrogens is 482 g/mol. The molecule has 0 saturated carbocycles. The standard InChI is InChI=1S/C30H25N3O3S/c1-18-10-13-25-23(14-18)28(22-8-4-5-9-24(22)31-25)29(35)36-16-27(34)33-30-32-26(17-37-30)21-12-11-19-6-2-3-7-20(19)15-21/h2-9,11-12,15,17-18H,10,13-14,16H2,1H3,(H,32,33,34). The number of aromatic nitrogens is 2. The van der Waals surface area contributed by atoms with E-state index in [1.54, 1.807) is 0 Å². The van der Waals surface area contributed by atoms with Crippen molar-refractivity contribution in [3.8, 4) is 11.3 Å². The van der Waals surface area contributed by atoms with Gasteiger partial charge in [0, 0.05) is 22.0 Å². The van der Waals surface area contributed by atoms with Crippen LogP contribution in [-0.2, 0) is 22.4 Å². The molecule has 6 nitrogen and oxygen atoms in total. The number of nitrogens with one attached hydrogen (secondary N) is 1. The van der Waals surface area contributed by atoms with Crippen LogP contribution in [0.3, 0.4) is 0 Å². The fourth-order valence-corrected chi connectivity index (χ4v) is 5.70. The number of pyridine rings is 1. The molecule has 0 radical (unpaired) electrons. The van der Waals surface area contributed by atoms with Crippen LogP contribution < -0.4 is 5.32 Å². The third kappa shape index (κ3) is 4.70. The second kappa shape index (κ2) is 9.75. The largest absolute Gasteiger partial charge is 0.452 e. The number of carbonyl (C=O) groups excluding carboxylic acids is 2. The number of hydrogen-bond donors (Lipinski definition) is 1. The third-order valence-electron chi connectivity index (χ3n) is 6.84. The second-order valence-corrected chi connectivity index (χ2v) is 10.4. The first-order valence-electron chi connectivity index (χ1n) is 12.4. The third-order valence-corrected chi connectivity index (χ3v) is 7.60. The summed E-state index contributed by atoms with van der Waals surface area (Å²) in [6.07, 6.45) is 2.66. The summed E-state index contributed by atoms with van der Waals surface area (Å²) >= 11 is 1.34. The maximum absolute atomic E-state index is 13.2. The Balaban J connectivity index is 1.16. The SMILES string of the molecule is CC1CCc2nc3ccccc3c(C(=O)OCC(=O)Nc3nc(-c4ccc5ccccc5c4)cs3)c2C1. The van der Waals surface area contributed by atoms with Gasteiger partial charge in [0.1, 0.15) is 0 Å². The maximum atomic E-state index is 13.2. The van der Waals surface area contributed by atoms with Crippen LogP contribution in [0.5, 0.6) is 0 Å². The normalized spacial score (nSPS) is 14.9. The van der Waals surface area contributed by atoms with Crippen LogP contribution >= 0.6 is 11.3 Å². The highest BCUT2D eigenvalue weighted by molar-refractivity contribution is 7.14. The molecule has 1 unspecified atom stereocenters. The number of hydrogen-bond acceptors (Lipinski definition) is 6. The number of rotatable bonds is 5. The molecule has 0 bridgehead atoms. The topological polar surface area (TPSA) is 81.2 Å². The molecule has 0 spiro atoms. The average Bonchev–Trinajstić information content (AvgIpc) is 3.38. The van der Waals surface area contributed by atoms with Crippen molar-refractivity contribution < 1.29 is 14.3 Å². The molecule has 6 rings (SSSR count). The van der Waals surface area contributed by atoms with E-state index in [-0.39, 0.29) is 6.61 Å². The number of esters is 1. The van der Waals surface area contributed by atoms with Gasteiger partial charge in [0.2, 0.25) is 0 Å². The molecular formula is C30H25N3O3S. The van der Waals surface area contributed by atoms with Crippen molar-refractivity contribution in [2.24, 2.45) is 5.92 Å². The number of aryl methyl sites for hydroxylation is 1. The monoisotopic (exact) mass is 507 g/mol. The Bertz CT molecular complexity index is 1660. The molecule has 7 heteroatoms. The number of anilines is 1. The number of nitrogens with zero attached hydrogens (tertiary/aromatic N) is 2. The highest BCUT2D eigenvalue weighted by atomic mass is 32.1. The van der Waals surface area contributed by atoms with E-state index >= 15 is 0 Å². The first-order chi connectivity index (χ1) is 18.0. The van der Waals surface area contributed by atoms with E-state index in [0.29, 0.717) is 16.6 Å². The van der Waals surface area contributed by atoms with Crippen molar-refractivity contribution in [3.05, 3.63) is 88.9 Å². The lowest BCUT2D eigenvalue weighted by molar-refractivity contribution is -0.119. The van der Waals surface area contributed by atoms with Gasteiger partial charge in [0.15, 0.2) is 11.7 Å². The molecule has 3 aromatic carbocycles. The Morgan fingerprint density at radius 3 is 2.73 bits per heavy atom. The van der Waals surface area contributed by atoms with Crippen LogP contribution in [0.1, 0.15) is 35.0 Å². The highest BCUT2D eigenvalue weighted by Crippen LogP contribution is 2.32. The van der Waals surface area contributed by atoms with Crippen molar-refractivity contribution in [1.82, 2.24) is 9.97 Å². The number of carbonyl (C=O) groups is 2. The fraction of sp³-hybridized carbons (Fsp3) is 0.200. The Labute approximate surface area is 218 Å². The van der Waals surface area contributed by atoms with E-state index in [1.807, 2.05) is 47.8 Å². The van der Waals surface area contributed by atoms with Gasteiger partial charge in [-0.2, -0.15) is 0 Å². The molecule has 1 atom stereocenters. The Morgan fingerprint density at radius 1 is 1.03 bits per heavy atom. The first kappa shape index (κ1) is 23.3. The van der Waals surface area contributed by atoms with Crippen LogP contribution in [0.25, 0.3) is 32.9 Å². The fourth-order valence-electron chi connectivity index (χ4n) is 4.97. The molecule has 2 aromatic heterocycles. The summed E-state index contributed by atoms with van der Waals surface area (Å²) in [4.78, 5) is 35.2. The van der Waals surface area contributed by atoms with Gasteiger partial charge >= 0.3 is 5.97 Å². The van der Waals surface area contributed by atoms with Crippen molar-refractivity contribution in [1.29, 1.82) is 0 Å². The van der Waals surface area contributed by atoms with E-state index in [1.165, 1.54) is 11.3 Å². The lowest BCUT2D eigenvalue weighted by Gasteiger charge is -2.24. The van der Waals surface area contributed by atoms with Crippen LogP contribution in [0.4, 0.5) is 5.13 Å². The minimum Gasteiger partial charge on any atom is -0.452 e. The summed E-state index contributed by atoms with van der Waals surface area (Å²) in [7, 11) is 0. The zero-order valence-corrected chi connectivity index (χ0v) is 21.2. The van der Waals surface area contributed by atoms with Gasteiger partial charge in [-0.25, -0.2) is 9.78 Å². The van der Waals surface area contributed by atoms with Crippen molar-refractivity contribution in [2.75, 3.05) is 11.9 Å². The second-order valence-electron chi connectivity index (χ2n) is 9.50. The summed E-state index contributed by atoms with van der Waals surface area (Å²) in [6, 6.07) is 21.9. The number of thiazole rings is 1. The Kier molecular flexibility index (Phi) is 6.14. The van der Waals surface area contributed by atoms with Crippen molar-refractivity contribution in [2.45, 2.75) is 26.2 Å². The number of fused-ring (bicyclic) bond motifs is 3. The maximum Gasteiger partial charge on any atom is 0.339 e. The van der Waals surface area contributed by atoms with Gasteiger partial charge in [-0.1, -0.05) is 61.5 Å². The molecule has 184 valence electrons. The quantitative estimate of drug-likeness (QED) is 0.277. The van der Waals surface area contributed by atoms with Gasteiger partial charge in [-0.3, -0.25) is 15.1 Å². The van der Waals surface area contributed by atoms with E-state index in [2.05, 4.69) is 41.5 Å². The lowest BCUT2D eigenvalue weighted by atomic mass is 9.84. The molecule has 1 aliphatic carbocycles. The molecule has 2 heterocycles. The molecule has 0 fully saturated rings. The number of amides is 1. The van der Waals surface area contributed by atoms with Crippen LogP contribution in [0, 0.1) is 5.92 Å².